The molecule has 2 atom stereocenters. The van der Waals surface area contributed by atoms with E-state index in [1.54, 1.807) is 14.2 Å². The number of hydrogen-bond acceptors (Lipinski definition) is 5. The number of nitrogens with zero attached hydrogens (tertiary/aromatic N) is 1. The molecule has 1 aliphatic rings. The van der Waals surface area contributed by atoms with Crippen molar-refractivity contribution in [2.75, 3.05) is 46.9 Å². The van der Waals surface area contributed by atoms with Gasteiger partial charge in [-0.1, -0.05) is 0 Å². The zero-order valence-electron chi connectivity index (χ0n) is 16.2. The van der Waals surface area contributed by atoms with E-state index in [9.17, 15) is 4.79 Å². The topological polar surface area (TPSA) is 72.1 Å². The summed E-state index contributed by atoms with van der Waals surface area (Å²) in [4.78, 5) is 14.3. The molecule has 1 heterocycles. The lowest BCUT2D eigenvalue weighted by molar-refractivity contribution is -0.0672. The number of carbonyl (C=O) groups excluding carboxylic acids is 1. The third-order valence-electron chi connectivity index (χ3n) is 4.38. The Morgan fingerprint density at radius 2 is 1.85 bits per heavy atom. The first kappa shape index (κ1) is 20.3. The SMILES string of the molecule is COc1ccc(OC)c(CCNC(=O)NCCN2CC(C)OC(C)C2)c1. The monoisotopic (exact) mass is 365 g/mol. The van der Waals surface area contributed by atoms with Crippen LogP contribution >= 0.6 is 0 Å². The second-order valence-corrected chi connectivity index (χ2v) is 6.63. The number of carbonyl (C=O) groups is 1. The number of amides is 2. The molecule has 0 spiro atoms. The van der Waals surface area contributed by atoms with Crippen LogP contribution in [0.3, 0.4) is 0 Å². The van der Waals surface area contributed by atoms with Gasteiger partial charge in [0.25, 0.3) is 0 Å². The zero-order valence-corrected chi connectivity index (χ0v) is 16.2. The standard InChI is InChI=1S/C19H31N3O4/c1-14-12-22(13-15(2)26-14)10-9-21-19(23)20-8-7-16-11-17(24-3)5-6-18(16)25-4/h5-6,11,14-15H,7-10,12-13H2,1-4H3,(H2,20,21,23). The van der Waals surface area contributed by atoms with Gasteiger partial charge in [0, 0.05) is 32.7 Å². The molecular weight excluding hydrogens is 334 g/mol. The largest absolute Gasteiger partial charge is 0.497 e. The molecular formula is C19H31N3O4. The van der Waals surface area contributed by atoms with Crippen LogP contribution < -0.4 is 20.1 Å². The fourth-order valence-electron chi connectivity index (χ4n) is 3.25. The molecule has 1 aromatic rings. The van der Waals surface area contributed by atoms with Crippen molar-refractivity contribution >= 4 is 6.03 Å². The van der Waals surface area contributed by atoms with Crippen molar-refractivity contribution in [3.63, 3.8) is 0 Å². The maximum Gasteiger partial charge on any atom is 0.314 e. The minimum atomic E-state index is -0.152. The minimum absolute atomic E-state index is 0.152. The summed E-state index contributed by atoms with van der Waals surface area (Å²) < 4.78 is 16.3. The average molecular weight is 365 g/mol. The van der Waals surface area contributed by atoms with Crippen molar-refractivity contribution in [3.05, 3.63) is 23.8 Å². The maximum absolute atomic E-state index is 12.0. The Bertz CT molecular complexity index is 572. The van der Waals surface area contributed by atoms with E-state index in [0.29, 0.717) is 19.5 Å². The normalized spacial score (nSPS) is 20.5. The average Bonchev–Trinajstić information content (AvgIpc) is 2.60. The van der Waals surface area contributed by atoms with E-state index in [4.69, 9.17) is 14.2 Å². The van der Waals surface area contributed by atoms with Gasteiger partial charge in [0.2, 0.25) is 0 Å². The number of rotatable bonds is 8. The van der Waals surface area contributed by atoms with Gasteiger partial charge in [0.15, 0.2) is 0 Å². The molecule has 1 saturated heterocycles. The summed E-state index contributed by atoms with van der Waals surface area (Å²) >= 11 is 0. The van der Waals surface area contributed by atoms with Crippen LogP contribution in [0.15, 0.2) is 18.2 Å². The van der Waals surface area contributed by atoms with Crippen molar-refractivity contribution in [1.82, 2.24) is 15.5 Å². The van der Waals surface area contributed by atoms with Crippen molar-refractivity contribution in [2.45, 2.75) is 32.5 Å². The van der Waals surface area contributed by atoms with Gasteiger partial charge in [0.05, 0.1) is 26.4 Å². The third kappa shape index (κ3) is 6.38. The number of methoxy groups -OCH3 is 2. The summed E-state index contributed by atoms with van der Waals surface area (Å²) in [5, 5.41) is 5.79. The van der Waals surface area contributed by atoms with Gasteiger partial charge in [-0.05, 0) is 44.0 Å². The summed E-state index contributed by atoms with van der Waals surface area (Å²) in [6, 6.07) is 5.51. The molecule has 7 nitrogen and oxygen atoms in total. The van der Waals surface area contributed by atoms with Crippen LogP contribution in [0, 0.1) is 0 Å². The lowest BCUT2D eigenvalue weighted by Crippen LogP contribution is -2.48. The lowest BCUT2D eigenvalue weighted by Gasteiger charge is -2.35. The molecule has 1 aliphatic heterocycles. The highest BCUT2D eigenvalue weighted by molar-refractivity contribution is 5.73. The summed E-state index contributed by atoms with van der Waals surface area (Å²) in [5.74, 6) is 1.57. The zero-order chi connectivity index (χ0) is 18.9. The Labute approximate surface area is 156 Å². The Morgan fingerprint density at radius 3 is 2.50 bits per heavy atom. The number of nitrogens with one attached hydrogen (secondary N) is 2. The van der Waals surface area contributed by atoms with Crippen LogP contribution in [0.4, 0.5) is 4.79 Å². The third-order valence-corrected chi connectivity index (χ3v) is 4.38. The summed E-state index contributed by atoms with van der Waals surface area (Å²) in [5.41, 5.74) is 1.00. The van der Waals surface area contributed by atoms with E-state index in [0.717, 1.165) is 36.7 Å². The molecule has 2 N–H and O–H groups in total. The van der Waals surface area contributed by atoms with E-state index in [1.165, 1.54) is 0 Å². The van der Waals surface area contributed by atoms with Gasteiger partial charge in [-0.25, -0.2) is 4.79 Å². The number of benzene rings is 1. The van der Waals surface area contributed by atoms with Gasteiger partial charge in [-0.2, -0.15) is 0 Å². The van der Waals surface area contributed by atoms with Gasteiger partial charge >= 0.3 is 6.03 Å². The Hall–Kier alpha value is -1.99. The van der Waals surface area contributed by atoms with E-state index < -0.39 is 0 Å². The van der Waals surface area contributed by atoms with E-state index in [1.807, 2.05) is 18.2 Å². The first-order valence-corrected chi connectivity index (χ1v) is 9.12. The van der Waals surface area contributed by atoms with Crippen LogP contribution in [0.5, 0.6) is 11.5 Å². The summed E-state index contributed by atoms with van der Waals surface area (Å²) in [6.45, 7) is 7.95. The van der Waals surface area contributed by atoms with Crippen LogP contribution in [0.25, 0.3) is 0 Å². The fraction of sp³-hybridized carbons (Fsp3) is 0.632. The number of ether oxygens (including phenoxy) is 3. The van der Waals surface area contributed by atoms with Crippen molar-refractivity contribution in [1.29, 1.82) is 0 Å². The first-order valence-electron chi connectivity index (χ1n) is 9.12. The van der Waals surface area contributed by atoms with Crippen LogP contribution in [0.2, 0.25) is 0 Å². The molecule has 0 bridgehead atoms. The lowest BCUT2D eigenvalue weighted by atomic mass is 10.1. The highest BCUT2D eigenvalue weighted by Gasteiger charge is 2.21. The van der Waals surface area contributed by atoms with Crippen molar-refractivity contribution in [3.8, 4) is 11.5 Å². The fourth-order valence-corrected chi connectivity index (χ4v) is 3.25. The number of morpholine rings is 1. The summed E-state index contributed by atoms with van der Waals surface area (Å²) in [6.07, 6.45) is 1.16. The maximum atomic E-state index is 12.0. The van der Waals surface area contributed by atoms with E-state index >= 15 is 0 Å². The molecule has 2 amide bonds. The molecule has 0 radical (unpaired) electrons. The Kier molecular flexibility index (Phi) is 8.00. The van der Waals surface area contributed by atoms with Gasteiger partial charge in [-0.15, -0.1) is 0 Å². The number of hydrogen-bond donors (Lipinski definition) is 2. The molecule has 0 saturated carbocycles. The second kappa shape index (κ2) is 10.2. The Morgan fingerprint density at radius 1 is 1.15 bits per heavy atom. The minimum Gasteiger partial charge on any atom is -0.497 e. The molecule has 2 rings (SSSR count). The van der Waals surface area contributed by atoms with E-state index in [-0.39, 0.29) is 18.2 Å². The Balaban J connectivity index is 1.67. The second-order valence-electron chi connectivity index (χ2n) is 6.63. The van der Waals surface area contributed by atoms with E-state index in [2.05, 4.69) is 29.4 Å². The molecule has 26 heavy (non-hydrogen) atoms. The van der Waals surface area contributed by atoms with Crippen molar-refractivity contribution in [2.24, 2.45) is 0 Å². The molecule has 7 heteroatoms. The smallest absolute Gasteiger partial charge is 0.314 e. The number of urea groups is 1. The highest BCUT2D eigenvalue weighted by atomic mass is 16.5. The summed E-state index contributed by atoms with van der Waals surface area (Å²) in [7, 11) is 3.27. The molecule has 146 valence electrons. The predicted molar refractivity (Wildman–Crippen MR) is 101 cm³/mol. The quantitative estimate of drug-likeness (QED) is 0.733. The predicted octanol–water partition coefficient (Wildman–Crippen LogP) is 1.65. The molecule has 2 unspecified atom stereocenters. The first-order chi connectivity index (χ1) is 12.5. The van der Waals surface area contributed by atoms with Gasteiger partial charge < -0.3 is 24.8 Å². The van der Waals surface area contributed by atoms with Crippen LogP contribution in [-0.4, -0.2) is 70.1 Å². The molecule has 1 fully saturated rings. The van der Waals surface area contributed by atoms with Gasteiger partial charge in [-0.3, -0.25) is 4.90 Å². The highest BCUT2D eigenvalue weighted by Crippen LogP contribution is 2.24. The van der Waals surface area contributed by atoms with Gasteiger partial charge in [0.1, 0.15) is 11.5 Å². The van der Waals surface area contributed by atoms with Crippen molar-refractivity contribution < 1.29 is 19.0 Å². The molecule has 0 aromatic heterocycles. The molecule has 1 aromatic carbocycles. The van der Waals surface area contributed by atoms with Crippen LogP contribution in [0.1, 0.15) is 19.4 Å². The van der Waals surface area contributed by atoms with Crippen LogP contribution in [-0.2, 0) is 11.2 Å². The molecule has 0 aliphatic carbocycles.